The molecule has 60 heavy (non-hydrogen) atoms. The second-order valence-corrected chi connectivity index (χ2v) is 16.4. The third-order valence-corrected chi connectivity index (χ3v) is 12.2. The van der Waals surface area contributed by atoms with E-state index in [0.717, 1.165) is 45.4 Å². The quantitative estimate of drug-likeness (QED) is 0.0712. The molecule has 1 heterocycles. The summed E-state index contributed by atoms with van der Waals surface area (Å²) in [4.78, 5) is 0. The van der Waals surface area contributed by atoms with Crippen molar-refractivity contribution in [3.63, 3.8) is 0 Å². The van der Waals surface area contributed by atoms with Gasteiger partial charge in [-0.3, -0.25) is 0 Å². The molecule has 6 aromatic rings. The molecule has 9 heteroatoms. The third-order valence-electron chi connectivity index (χ3n) is 10.6. The van der Waals surface area contributed by atoms with Crippen LogP contribution < -0.4 is 4.74 Å². The molecule has 1 aliphatic heterocycles. The van der Waals surface area contributed by atoms with Gasteiger partial charge in [0.15, 0.2) is 0 Å². The molecule has 5 atom stereocenters. The lowest BCUT2D eigenvalue weighted by atomic mass is 9.88. The maximum Gasteiger partial charge on any atom is 0.140 e. The molecule has 0 aromatic heterocycles. The molecule has 0 N–H and O–H groups in total. The number of aryl methyl sites for hydroxylation is 1. The summed E-state index contributed by atoms with van der Waals surface area (Å²) in [7, 11) is 0. The van der Waals surface area contributed by atoms with E-state index in [-0.39, 0.29) is 19.1 Å². The Bertz CT molecular complexity index is 2180. The van der Waals surface area contributed by atoms with Gasteiger partial charge in [-0.25, -0.2) is 0 Å². The van der Waals surface area contributed by atoms with Gasteiger partial charge in [-0.05, 0) is 73.8 Å². The van der Waals surface area contributed by atoms with Crippen LogP contribution in [0.4, 0.5) is 0 Å². The maximum absolute atomic E-state index is 7.31. The standard InChI is InChI=1S/C51H51BrCl2O6/c1-2-36-23-25-37(26-24-36)29-42-30-43(47(56-28-27-53)45(52)46(42)54)48-50(58-33-40-19-11-5-12-20-40)51(59-34-41-21-13-6-14-22-41)49(57-32-39-17-9-4-10-18-39)44(60-48)35-55-31-38-15-7-3-8-16-38/h3-26,30,44,48-51H,2,27-29,31-35H2,1H3/t44-,48?,49-,50+,51+/m1/s1. The van der Waals surface area contributed by atoms with Crippen LogP contribution in [0.15, 0.2) is 156 Å². The molecule has 0 saturated carbocycles. The lowest BCUT2D eigenvalue weighted by molar-refractivity contribution is -0.275. The molecule has 1 fully saturated rings. The molecular weight excluding hydrogens is 859 g/mol. The number of halogens is 3. The number of alkyl halides is 1. The van der Waals surface area contributed by atoms with Gasteiger partial charge in [0.2, 0.25) is 0 Å². The zero-order valence-electron chi connectivity index (χ0n) is 33.8. The van der Waals surface area contributed by atoms with Gasteiger partial charge in [-0.1, -0.05) is 164 Å². The number of ether oxygens (including phenoxy) is 6. The van der Waals surface area contributed by atoms with Crippen LogP contribution in [0.1, 0.15) is 57.5 Å². The average molecular weight is 911 g/mol. The fraction of sp³-hybridized carbons (Fsp3) is 0.294. The minimum Gasteiger partial charge on any atom is -0.491 e. The molecular formula is C51H51BrCl2O6. The molecule has 6 aromatic carbocycles. The van der Waals surface area contributed by atoms with Crippen LogP contribution in [-0.2, 0) is 63.0 Å². The van der Waals surface area contributed by atoms with E-state index in [0.29, 0.717) is 48.1 Å². The predicted octanol–water partition coefficient (Wildman–Crippen LogP) is 12.3. The van der Waals surface area contributed by atoms with Gasteiger partial charge in [0.05, 0.1) is 48.4 Å². The summed E-state index contributed by atoms with van der Waals surface area (Å²) in [5.41, 5.74) is 8.21. The van der Waals surface area contributed by atoms with Gasteiger partial charge in [-0.2, -0.15) is 0 Å². The molecule has 1 aliphatic rings. The van der Waals surface area contributed by atoms with E-state index in [1.54, 1.807) is 0 Å². The Balaban J connectivity index is 1.34. The van der Waals surface area contributed by atoms with Gasteiger partial charge in [0.25, 0.3) is 0 Å². The van der Waals surface area contributed by atoms with Crippen molar-refractivity contribution in [3.8, 4) is 5.75 Å². The fourth-order valence-corrected chi connectivity index (χ4v) is 8.35. The van der Waals surface area contributed by atoms with E-state index in [9.17, 15) is 0 Å². The largest absolute Gasteiger partial charge is 0.491 e. The highest BCUT2D eigenvalue weighted by Crippen LogP contribution is 2.47. The summed E-state index contributed by atoms with van der Waals surface area (Å²) < 4.78 is 41.9. The van der Waals surface area contributed by atoms with Gasteiger partial charge in [0.1, 0.15) is 42.9 Å². The second-order valence-electron chi connectivity index (χ2n) is 14.8. The fourth-order valence-electron chi connectivity index (χ4n) is 7.46. The van der Waals surface area contributed by atoms with Crippen LogP contribution in [0, 0.1) is 0 Å². The molecule has 0 aliphatic carbocycles. The SMILES string of the molecule is CCc1ccc(Cc2cc(C3O[C@H](COCc4ccccc4)[C@@H](OCc4ccccc4)[C@H](OCc4ccccc4)[C@H]3OCc3ccccc3)c(OCCCl)c(Br)c2Cl)cc1. The molecule has 7 rings (SSSR count). The molecule has 6 nitrogen and oxygen atoms in total. The summed E-state index contributed by atoms with van der Waals surface area (Å²) in [6.45, 7) is 4.00. The van der Waals surface area contributed by atoms with Crippen molar-refractivity contribution in [3.05, 3.63) is 206 Å². The lowest BCUT2D eigenvalue weighted by Gasteiger charge is -2.47. The number of rotatable bonds is 20. The number of hydrogen-bond donors (Lipinski definition) is 0. The first-order chi connectivity index (χ1) is 29.5. The van der Waals surface area contributed by atoms with Crippen molar-refractivity contribution in [2.75, 3.05) is 19.1 Å². The second kappa shape index (κ2) is 22.7. The van der Waals surface area contributed by atoms with Crippen molar-refractivity contribution in [2.24, 2.45) is 0 Å². The zero-order valence-corrected chi connectivity index (χ0v) is 36.9. The molecule has 0 spiro atoms. The van der Waals surface area contributed by atoms with E-state index in [4.69, 9.17) is 51.6 Å². The van der Waals surface area contributed by atoms with Crippen molar-refractivity contribution >= 4 is 39.1 Å². The smallest absolute Gasteiger partial charge is 0.140 e. The van der Waals surface area contributed by atoms with Crippen LogP contribution in [0.25, 0.3) is 0 Å². The summed E-state index contributed by atoms with van der Waals surface area (Å²) in [6.07, 6.45) is -1.64. The van der Waals surface area contributed by atoms with Gasteiger partial charge < -0.3 is 28.4 Å². The Morgan fingerprint density at radius 3 is 1.58 bits per heavy atom. The molecule has 1 unspecified atom stereocenters. The normalized spacial score (nSPS) is 19.0. The Labute approximate surface area is 372 Å². The van der Waals surface area contributed by atoms with Crippen molar-refractivity contribution in [2.45, 2.75) is 76.7 Å². The Hall–Kier alpha value is -4.02. The van der Waals surface area contributed by atoms with Crippen LogP contribution in [0.2, 0.25) is 5.02 Å². The minimum atomic E-state index is -0.712. The first-order valence-electron chi connectivity index (χ1n) is 20.5. The summed E-state index contributed by atoms with van der Waals surface area (Å²) in [5.74, 6) is 0.821. The van der Waals surface area contributed by atoms with Crippen LogP contribution in [0.3, 0.4) is 0 Å². The molecule has 0 radical (unpaired) electrons. The van der Waals surface area contributed by atoms with Crippen molar-refractivity contribution in [1.29, 1.82) is 0 Å². The van der Waals surface area contributed by atoms with E-state index in [1.165, 1.54) is 5.56 Å². The summed E-state index contributed by atoms with van der Waals surface area (Å²) in [5, 5.41) is 0.559. The highest BCUT2D eigenvalue weighted by molar-refractivity contribution is 9.10. The third kappa shape index (κ3) is 11.9. The minimum absolute atomic E-state index is 0.227. The van der Waals surface area contributed by atoms with E-state index in [2.05, 4.69) is 102 Å². The highest BCUT2D eigenvalue weighted by atomic mass is 79.9. The highest BCUT2D eigenvalue weighted by Gasteiger charge is 2.50. The first-order valence-corrected chi connectivity index (χ1v) is 22.2. The average Bonchev–Trinajstić information content (AvgIpc) is 3.30. The summed E-state index contributed by atoms with van der Waals surface area (Å²) in [6, 6.07) is 51.3. The Kier molecular flexibility index (Phi) is 16.7. The molecule has 312 valence electrons. The molecule has 1 saturated heterocycles. The van der Waals surface area contributed by atoms with Gasteiger partial charge in [0, 0.05) is 5.56 Å². The van der Waals surface area contributed by atoms with Crippen LogP contribution >= 0.6 is 39.1 Å². The van der Waals surface area contributed by atoms with Crippen LogP contribution in [-0.4, -0.2) is 43.5 Å². The van der Waals surface area contributed by atoms with E-state index < -0.39 is 30.5 Å². The lowest BCUT2D eigenvalue weighted by Crippen LogP contribution is -2.58. The van der Waals surface area contributed by atoms with E-state index in [1.807, 2.05) is 72.8 Å². The number of benzene rings is 6. The number of hydrogen-bond acceptors (Lipinski definition) is 6. The first kappa shape index (κ1) is 44.0. The topological polar surface area (TPSA) is 55.4 Å². The van der Waals surface area contributed by atoms with E-state index >= 15 is 0 Å². The molecule has 0 bridgehead atoms. The predicted molar refractivity (Wildman–Crippen MR) is 243 cm³/mol. The Morgan fingerprint density at radius 2 is 1.07 bits per heavy atom. The Morgan fingerprint density at radius 1 is 0.583 bits per heavy atom. The van der Waals surface area contributed by atoms with Crippen molar-refractivity contribution < 1.29 is 28.4 Å². The van der Waals surface area contributed by atoms with Gasteiger partial charge >= 0.3 is 0 Å². The van der Waals surface area contributed by atoms with Gasteiger partial charge in [-0.15, -0.1) is 11.6 Å². The molecule has 0 amide bonds. The van der Waals surface area contributed by atoms with Crippen molar-refractivity contribution in [1.82, 2.24) is 0 Å². The maximum atomic E-state index is 7.31. The monoisotopic (exact) mass is 908 g/mol. The zero-order chi connectivity index (χ0) is 41.5. The summed E-state index contributed by atoms with van der Waals surface area (Å²) >= 11 is 17.3. The van der Waals surface area contributed by atoms with Crippen LogP contribution in [0.5, 0.6) is 5.75 Å².